The molecular weight excluding hydrogens is 450 g/mol. The van der Waals surface area contributed by atoms with Crippen molar-refractivity contribution in [1.29, 1.82) is 0 Å². The van der Waals surface area contributed by atoms with Crippen molar-refractivity contribution in [3.05, 3.63) is 76.0 Å². The summed E-state index contributed by atoms with van der Waals surface area (Å²) in [4.78, 5) is 16.8. The van der Waals surface area contributed by atoms with Gasteiger partial charge in [-0.1, -0.05) is 24.3 Å². The molecule has 2 aromatic carbocycles. The Kier molecular flexibility index (Phi) is 8.44. The van der Waals surface area contributed by atoms with Crippen molar-refractivity contribution in [3.8, 4) is 17.2 Å². The molecule has 1 aliphatic heterocycles. The summed E-state index contributed by atoms with van der Waals surface area (Å²) in [7, 11) is 3.12. The highest BCUT2D eigenvalue weighted by molar-refractivity contribution is 7.09. The summed E-state index contributed by atoms with van der Waals surface area (Å²) in [6.45, 7) is 2.32. The Morgan fingerprint density at radius 1 is 1.12 bits per heavy atom. The summed E-state index contributed by atoms with van der Waals surface area (Å²) in [6.07, 6.45) is 2.88. The van der Waals surface area contributed by atoms with E-state index >= 15 is 0 Å². The van der Waals surface area contributed by atoms with Crippen LogP contribution in [0.3, 0.4) is 0 Å². The van der Waals surface area contributed by atoms with Crippen LogP contribution >= 0.6 is 11.3 Å². The summed E-state index contributed by atoms with van der Waals surface area (Å²) >= 11 is 1.74. The van der Waals surface area contributed by atoms with Crippen LogP contribution in [0.4, 0.5) is 0 Å². The topological polar surface area (TPSA) is 57.2 Å². The zero-order valence-corrected chi connectivity index (χ0v) is 20.5. The van der Waals surface area contributed by atoms with Crippen LogP contribution < -0.4 is 14.2 Å². The first-order valence-electron chi connectivity index (χ1n) is 11.5. The van der Waals surface area contributed by atoms with Crippen LogP contribution in [0.15, 0.2) is 60.0 Å². The summed E-state index contributed by atoms with van der Waals surface area (Å²) in [5, 5.41) is 2.08. The molecule has 0 saturated carbocycles. The monoisotopic (exact) mass is 481 g/mol. The van der Waals surface area contributed by atoms with Gasteiger partial charge in [0.2, 0.25) is 0 Å². The van der Waals surface area contributed by atoms with E-state index in [1.54, 1.807) is 43.8 Å². The molecule has 0 bridgehead atoms. The van der Waals surface area contributed by atoms with Crippen molar-refractivity contribution in [1.82, 2.24) is 4.90 Å². The summed E-state index contributed by atoms with van der Waals surface area (Å²) in [5.74, 6) is 1.66. The van der Waals surface area contributed by atoms with Crippen molar-refractivity contribution in [2.75, 3.05) is 34.0 Å². The van der Waals surface area contributed by atoms with Gasteiger partial charge in [-0.15, -0.1) is 11.3 Å². The molecule has 1 fully saturated rings. The number of carbonyl (C=O) groups is 1. The highest BCUT2D eigenvalue weighted by Crippen LogP contribution is 2.32. The zero-order chi connectivity index (χ0) is 23.8. The van der Waals surface area contributed by atoms with Gasteiger partial charge >= 0.3 is 0 Å². The fraction of sp³-hybridized carbons (Fsp3) is 0.370. The molecule has 0 radical (unpaired) electrons. The molecule has 34 heavy (non-hydrogen) atoms. The SMILES string of the molecule is COc1cccc(C(=O)N(Cc2cccc(OCCc3cccs3)c2)C[C@H]2CCCO2)c1OC. The molecule has 1 aliphatic rings. The highest BCUT2D eigenvalue weighted by Gasteiger charge is 2.26. The lowest BCUT2D eigenvalue weighted by atomic mass is 10.1. The Morgan fingerprint density at radius 3 is 2.74 bits per heavy atom. The third-order valence-corrected chi connectivity index (χ3v) is 6.77. The molecule has 0 spiro atoms. The molecule has 0 N–H and O–H groups in total. The van der Waals surface area contributed by atoms with Gasteiger partial charge in [-0.2, -0.15) is 0 Å². The first-order valence-corrected chi connectivity index (χ1v) is 12.4. The summed E-state index contributed by atoms with van der Waals surface area (Å²) in [6, 6.07) is 17.5. The van der Waals surface area contributed by atoms with E-state index in [0.717, 1.165) is 37.2 Å². The van der Waals surface area contributed by atoms with Crippen LogP contribution in [-0.2, 0) is 17.7 Å². The van der Waals surface area contributed by atoms with Gasteiger partial charge in [-0.3, -0.25) is 4.79 Å². The Labute approximate surface area is 205 Å². The first kappa shape index (κ1) is 24.1. The van der Waals surface area contributed by atoms with Crippen molar-refractivity contribution < 1.29 is 23.7 Å². The van der Waals surface area contributed by atoms with E-state index in [1.165, 1.54) is 4.88 Å². The third-order valence-electron chi connectivity index (χ3n) is 5.84. The molecule has 1 aromatic heterocycles. The fourth-order valence-electron chi connectivity index (χ4n) is 4.16. The Bertz CT molecular complexity index is 1060. The van der Waals surface area contributed by atoms with Crippen molar-refractivity contribution in [2.24, 2.45) is 0 Å². The largest absolute Gasteiger partial charge is 0.493 e. The highest BCUT2D eigenvalue weighted by atomic mass is 32.1. The van der Waals surface area contributed by atoms with Gasteiger partial charge in [0.05, 0.1) is 32.5 Å². The van der Waals surface area contributed by atoms with E-state index in [0.29, 0.717) is 36.8 Å². The number of thiophene rings is 1. The molecule has 0 aliphatic carbocycles. The normalized spacial score (nSPS) is 15.2. The molecule has 180 valence electrons. The number of para-hydroxylation sites is 1. The standard InChI is InChI=1S/C27H31NO5S/c1-30-25-12-4-11-24(26(25)31-2)27(29)28(19-22-9-5-14-32-22)18-20-7-3-8-21(17-20)33-15-13-23-10-6-16-34-23/h3-4,6-8,10-12,16-17,22H,5,9,13-15,18-19H2,1-2H3/t22-/m1/s1. The molecule has 6 nitrogen and oxygen atoms in total. The number of ether oxygens (including phenoxy) is 4. The van der Waals surface area contributed by atoms with Crippen molar-refractivity contribution in [3.63, 3.8) is 0 Å². The summed E-state index contributed by atoms with van der Waals surface area (Å²) < 4.78 is 22.8. The molecule has 2 heterocycles. The maximum atomic E-state index is 13.7. The van der Waals surface area contributed by atoms with Gasteiger partial charge in [-0.05, 0) is 54.1 Å². The quantitative estimate of drug-likeness (QED) is 0.376. The van der Waals surface area contributed by atoms with Gasteiger partial charge < -0.3 is 23.8 Å². The first-order chi connectivity index (χ1) is 16.7. The number of hydrogen-bond acceptors (Lipinski definition) is 6. The average Bonchev–Trinajstić information content (AvgIpc) is 3.57. The number of methoxy groups -OCH3 is 2. The van der Waals surface area contributed by atoms with E-state index in [2.05, 4.69) is 17.5 Å². The van der Waals surface area contributed by atoms with E-state index < -0.39 is 0 Å². The van der Waals surface area contributed by atoms with Crippen molar-refractivity contribution in [2.45, 2.75) is 31.9 Å². The molecule has 0 unspecified atom stereocenters. The van der Waals surface area contributed by atoms with Gasteiger partial charge in [-0.25, -0.2) is 0 Å². The van der Waals surface area contributed by atoms with Crippen LogP contribution in [-0.4, -0.2) is 50.9 Å². The lowest BCUT2D eigenvalue weighted by Gasteiger charge is -2.27. The van der Waals surface area contributed by atoms with Crippen molar-refractivity contribution >= 4 is 17.2 Å². The average molecular weight is 482 g/mol. The van der Waals surface area contributed by atoms with Crippen LogP contribution in [0, 0.1) is 0 Å². The minimum atomic E-state index is -0.115. The molecular formula is C27H31NO5S. The number of carbonyl (C=O) groups excluding carboxylic acids is 1. The molecule has 1 saturated heterocycles. The molecule has 3 aromatic rings. The lowest BCUT2D eigenvalue weighted by molar-refractivity contribution is 0.0504. The van der Waals surface area contributed by atoms with E-state index in [-0.39, 0.29) is 12.0 Å². The lowest BCUT2D eigenvalue weighted by Crippen LogP contribution is -2.37. The third kappa shape index (κ3) is 6.10. The predicted molar refractivity (Wildman–Crippen MR) is 133 cm³/mol. The van der Waals surface area contributed by atoms with Crippen LogP contribution in [0.5, 0.6) is 17.2 Å². The molecule has 4 rings (SSSR count). The number of nitrogens with zero attached hydrogens (tertiary/aromatic N) is 1. The second-order valence-corrected chi connectivity index (χ2v) is 9.22. The number of benzene rings is 2. The zero-order valence-electron chi connectivity index (χ0n) is 19.7. The smallest absolute Gasteiger partial charge is 0.258 e. The Morgan fingerprint density at radius 2 is 2.00 bits per heavy atom. The Balaban J connectivity index is 1.50. The Hall–Kier alpha value is -3.03. The minimum Gasteiger partial charge on any atom is -0.493 e. The summed E-state index contributed by atoms with van der Waals surface area (Å²) in [5.41, 5.74) is 1.48. The second-order valence-electron chi connectivity index (χ2n) is 8.19. The van der Waals surface area contributed by atoms with E-state index in [1.807, 2.05) is 29.2 Å². The van der Waals surface area contributed by atoms with Crippen LogP contribution in [0.1, 0.15) is 33.6 Å². The maximum absolute atomic E-state index is 13.7. The van der Waals surface area contributed by atoms with Gasteiger partial charge in [0.1, 0.15) is 5.75 Å². The number of amides is 1. The predicted octanol–water partition coefficient (Wildman–Crippen LogP) is 5.21. The maximum Gasteiger partial charge on any atom is 0.258 e. The fourth-order valence-corrected chi connectivity index (χ4v) is 4.85. The van der Waals surface area contributed by atoms with Gasteiger partial charge in [0.15, 0.2) is 11.5 Å². The molecule has 1 atom stereocenters. The van der Waals surface area contributed by atoms with E-state index in [4.69, 9.17) is 18.9 Å². The second kappa shape index (κ2) is 11.9. The van der Waals surface area contributed by atoms with Crippen LogP contribution in [0.25, 0.3) is 0 Å². The van der Waals surface area contributed by atoms with Gasteiger partial charge in [0.25, 0.3) is 5.91 Å². The minimum absolute atomic E-state index is 0.0331. The molecule has 1 amide bonds. The number of hydrogen-bond donors (Lipinski definition) is 0. The molecule has 7 heteroatoms. The number of rotatable bonds is 11. The van der Waals surface area contributed by atoms with Crippen LogP contribution in [0.2, 0.25) is 0 Å². The van der Waals surface area contributed by atoms with Gasteiger partial charge in [0, 0.05) is 31.0 Å². The van der Waals surface area contributed by atoms with E-state index in [9.17, 15) is 4.79 Å².